The highest BCUT2D eigenvalue weighted by Gasteiger charge is 2.29. The predicted molar refractivity (Wildman–Crippen MR) is 96.2 cm³/mol. The van der Waals surface area contributed by atoms with Gasteiger partial charge < -0.3 is 4.90 Å². The van der Waals surface area contributed by atoms with Gasteiger partial charge in [-0.1, -0.05) is 77.7 Å². The van der Waals surface area contributed by atoms with Crippen LogP contribution < -0.4 is 15.8 Å². The summed E-state index contributed by atoms with van der Waals surface area (Å²) < 4.78 is 0. The zero-order valence-corrected chi connectivity index (χ0v) is 12.5. The van der Waals surface area contributed by atoms with Gasteiger partial charge in [-0.25, -0.2) is 0 Å². The molecule has 0 radical (unpaired) electrons. The Bertz CT molecular complexity index is 688. The number of rotatable bonds is 2. The average molecular weight is 283 g/mol. The molecule has 0 unspecified atom stereocenters. The molecular weight excluding hydrogens is 265 g/mol. The van der Waals surface area contributed by atoms with Crippen LogP contribution in [0.4, 0.5) is 11.4 Å². The van der Waals surface area contributed by atoms with Gasteiger partial charge >= 0.3 is 0 Å². The lowest BCUT2D eigenvalue weighted by Gasteiger charge is -2.35. The molecule has 0 fully saturated rings. The minimum atomic E-state index is 0.498. The first-order chi connectivity index (χ1) is 10.9. The summed E-state index contributed by atoms with van der Waals surface area (Å²) in [6.07, 6.45) is 1.15. The fraction of sp³-hybridized carbons (Fsp3) is 0.100. The second-order valence-corrected chi connectivity index (χ2v) is 5.80. The maximum Gasteiger partial charge on any atom is 0.213 e. The summed E-state index contributed by atoms with van der Waals surface area (Å²) in [6.45, 7) is 1.55. The van der Waals surface area contributed by atoms with Crippen LogP contribution in [0, 0.1) is 0 Å². The monoisotopic (exact) mass is 283 g/mol. The van der Waals surface area contributed by atoms with Crippen LogP contribution >= 0.6 is 0 Å². The first-order valence-corrected chi connectivity index (χ1v) is 7.90. The van der Waals surface area contributed by atoms with E-state index in [0.29, 0.717) is 6.71 Å². The molecule has 3 aromatic rings. The normalized spacial score (nSPS) is 13.8. The minimum absolute atomic E-state index is 0.498. The number of para-hydroxylation sites is 2. The largest absolute Gasteiger partial charge is 0.343 e. The number of fused-ring (bicyclic) bond motifs is 1. The average Bonchev–Trinajstić information content (AvgIpc) is 2.62. The van der Waals surface area contributed by atoms with Crippen molar-refractivity contribution in [2.75, 3.05) is 11.4 Å². The van der Waals surface area contributed by atoms with Crippen LogP contribution in [0.3, 0.4) is 0 Å². The summed E-state index contributed by atoms with van der Waals surface area (Å²) >= 11 is 0. The van der Waals surface area contributed by atoms with Crippen molar-refractivity contribution in [2.24, 2.45) is 0 Å². The number of hydrogen-bond acceptors (Lipinski definition) is 1. The molecule has 0 aromatic heterocycles. The molecule has 1 nitrogen and oxygen atoms in total. The van der Waals surface area contributed by atoms with Crippen molar-refractivity contribution in [1.82, 2.24) is 0 Å². The number of benzene rings is 3. The molecule has 4 rings (SSSR count). The molecule has 0 aliphatic carbocycles. The van der Waals surface area contributed by atoms with Gasteiger partial charge in [0.2, 0.25) is 6.71 Å². The molecule has 2 heteroatoms. The van der Waals surface area contributed by atoms with Crippen molar-refractivity contribution in [2.45, 2.75) is 6.32 Å². The van der Waals surface area contributed by atoms with E-state index >= 15 is 0 Å². The van der Waals surface area contributed by atoms with Crippen molar-refractivity contribution in [3.05, 3.63) is 84.9 Å². The summed E-state index contributed by atoms with van der Waals surface area (Å²) in [5.41, 5.74) is 5.47. The lowest BCUT2D eigenvalue weighted by atomic mass is 9.37. The van der Waals surface area contributed by atoms with Gasteiger partial charge in [0.05, 0.1) is 0 Å². The molecule has 0 spiro atoms. The highest BCUT2D eigenvalue weighted by atomic mass is 15.1. The first-order valence-electron chi connectivity index (χ1n) is 7.90. The van der Waals surface area contributed by atoms with E-state index in [4.69, 9.17) is 0 Å². The van der Waals surface area contributed by atoms with Gasteiger partial charge in [-0.15, -0.1) is 0 Å². The fourth-order valence-electron chi connectivity index (χ4n) is 3.47. The Morgan fingerprint density at radius 3 is 2.09 bits per heavy atom. The van der Waals surface area contributed by atoms with Gasteiger partial charge in [0.25, 0.3) is 0 Å². The number of hydrogen-bond donors (Lipinski definition) is 0. The van der Waals surface area contributed by atoms with E-state index in [-0.39, 0.29) is 0 Å². The van der Waals surface area contributed by atoms with Gasteiger partial charge in [0, 0.05) is 17.9 Å². The summed E-state index contributed by atoms with van der Waals surface area (Å²) in [7, 11) is 0. The Morgan fingerprint density at radius 2 is 1.32 bits per heavy atom. The molecule has 0 saturated heterocycles. The van der Waals surface area contributed by atoms with Crippen LogP contribution in [0.2, 0.25) is 6.32 Å². The van der Waals surface area contributed by atoms with E-state index in [1.807, 2.05) is 0 Å². The Morgan fingerprint density at radius 1 is 0.682 bits per heavy atom. The Hall–Kier alpha value is -2.48. The molecule has 0 amide bonds. The van der Waals surface area contributed by atoms with E-state index in [1.165, 1.54) is 22.3 Å². The molecule has 1 heterocycles. The van der Waals surface area contributed by atoms with Crippen LogP contribution in [0.25, 0.3) is 0 Å². The molecule has 22 heavy (non-hydrogen) atoms. The predicted octanol–water partition coefficient (Wildman–Crippen LogP) is 3.45. The zero-order chi connectivity index (χ0) is 14.8. The summed E-state index contributed by atoms with van der Waals surface area (Å²) in [6, 6.07) is 30.4. The fourth-order valence-corrected chi connectivity index (χ4v) is 3.47. The van der Waals surface area contributed by atoms with E-state index in [1.54, 1.807) is 0 Å². The molecule has 0 bridgehead atoms. The second-order valence-electron chi connectivity index (χ2n) is 5.80. The van der Waals surface area contributed by atoms with Gasteiger partial charge in [0.1, 0.15) is 0 Å². The van der Waals surface area contributed by atoms with Gasteiger partial charge in [-0.2, -0.15) is 0 Å². The molecule has 0 N–H and O–H groups in total. The van der Waals surface area contributed by atoms with Crippen molar-refractivity contribution in [1.29, 1.82) is 0 Å². The van der Waals surface area contributed by atoms with Crippen LogP contribution in [-0.2, 0) is 0 Å². The van der Waals surface area contributed by atoms with Crippen molar-refractivity contribution in [3.8, 4) is 0 Å². The maximum absolute atomic E-state index is 2.44. The minimum Gasteiger partial charge on any atom is -0.343 e. The van der Waals surface area contributed by atoms with E-state index in [9.17, 15) is 0 Å². The highest BCUT2D eigenvalue weighted by Crippen LogP contribution is 2.28. The van der Waals surface area contributed by atoms with Crippen LogP contribution in [0.15, 0.2) is 84.9 Å². The molecular formula is C20H18BN. The Kier molecular flexibility index (Phi) is 3.44. The van der Waals surface area contributed by atoms with Gasteiger partial charge in [0.15, 0.2) is 0 Å². The molecule has 1 aliphatic heterocycles. The molecule has 1 aliphatic rings. The molecule has 0 saturated carbocycles. The first kappa shape index (κ1) is 13.2. The Balaban J connectivity index is 1.79. The quantitative estimate of drug-likeness (QED) is 0.651. The highest BCUT2D eigenvalue weighted by molar-refractivity contribution is 6.86. The summed E-state index contributed by atoms with van der Waals surface area (Å²) in [4.78, 5) is 2.44. The zero-order valence-electron chi connectivity index (χ0n) is 12.5. The molecule has 3 aromatic carbocycles. The van der Waals surface area contributed by atoms with Crippen molar-refractivity contribution < 1.29 is 0 Å². The lowest BCUT2D eigenvalue weighted by molar-refractivity contribution is 1.00. The smallest absolute Gasteiger partial charge is 0.213 e. The number of nitrogens with zero attached hydrogens (tertiary/aromatic N) is 1. The third kappa shape index (κ3) is 2.31. The summed E-state index contributed by atoms with van der Waals surface area (Å²) in [5.74, 6) is 0. The van der Waals surface area contributed by atoms with Gasteiger partial charge in [-0.05, 0) is 24.5 Å². The van der Waals surface area contributed by atoms with Crippen LogP contribution in [0.5, 0.6) is 0 Å². The topological polar surface area (TPSA) is 3.24 Å². The van der Waals surface area contributed by atoms with Crippen molar-refractivity contribution >= 4 is 29.0 Å². The van der Waals surface area contributed by atoms with Crippen LogP contribution in [0.1, 0.15) is 0 Å². The third-order valence-corrected chi connectivity index (χ3v) is 4.51. The molecule has 0 atom stereocenters. The van der Waals surface area contributed by atoms with Gasteiger partial charge in [-0.3, -0.25) is 0 Å². The third-order valence-electron chi connectivity index (χ3n) is 4.51. The Labute approximate surface area is 132 Å². The SMILES string of the molecule is c1ccc(B2CCN(c3ccccc3)c3ccccc32)cc1. The van der Waals surface area contributed by atoms with E-state index < -0.39 is 0 Å². The maximum atomic E-state index is 2.44. The van der Waals surface area contributed by atoms with E-state index in [2.05, 4.69) is 89.8 Å². The standard InChI is InChI=1S/C20H18BN/c1-3-9-17(10-4-1)21-15-16-22(18-11-5-2-6-12-18)20-14-8-7-13-19(20)21/h1-14H,15-16H2. The van der Waals surface area contributed by atoms with Crippen LogP contribution in [-0.4, -0.2) is 13.3 Å². The molecule has 106 valence electrons. The van der Waals surface area contributed by atoms with E-state index in [0.717, 1.165) is 12.9 Å². The number of anilines is 2. The lowest BCUT2D eigenvalue weighted by Crippen LogP contribution is -2.50. The van der Waals surface area contributed by atoms with Crippen molar-refractivity contribution in [3.63, 3.8) is 0 Å². The summed E-state index contributed by atoms with van der Waals surface area (Å²) in [5, 5.41) is 0. The second kappa shape index (κ2) is 5.72.